The van der Waals surface area contributed by atoms with Gasteiger partial charge in [0.25, 0.3) is 6.43 Å². The number of hydrogen-bond acceptors (Lipinski definition) is 5. The fraction of sp³-hybridized carbons (Fsp3) is 0.833. The summed E-state index contributed by atoms with van der Waals surface area (Å²) in [4.78, 5) is 4.24. The van der Waals surface area contributed by atoms with E-state index in [1.54, 1.807) is 0 Å². The third-order valence-corrected chi connectivity index (χ3v) is 3.60. The lowest BCUT2D eigenvalue weighted by Gasteiger charge is -2.39. The Hall–Kier alpha value is -1.08. The predicted molar refractivity (Wildman–Crippen MR) is 63.9 cm³/mol. The molecule has 19 heavy (non-hydrogen) atoms. The van der Waals surface area contributed by atoms with E-state index in [0.717, 1.165) is 12.8 Å². The van der Waals surface area contributed by atoms with Gasteiger partial charge in [0.1, 0.15) is 6.61 Å². The second kappa shape index (κ2) is 6.38. The molecule has 0 unspecified atom stereocenters. The number of nitrogens with two attached hydrogens (primary N) is 1. The van der Waals surface area contributed by atoms with E-state index in [4.69, 9.17) is 15.0 Å². The summed E-state index contributed by atoms with van der Waals surface area (Å²) in [6.45, 7) is 0.245. The zero-order chi connectivity index (χ0) is 13.7. The lowest BCUT2D eigenvalue weighted by Crippen LogP contribution is -2.39. The van der Waals surface area contributed by atoms with Crippen LogP contribution in [0.1, 0.15) is 31.0 Å². The summed E-state index contributed by atoms with van der Waals surface area (Å²) < 4.78 is 33.6. The van der Waals surface area contributed by atoms with Gasteiger partial charge in [0.2, 0.25) is 5.89 Å². The topological polar surface area (TPSA) is 74.2 Å². The molecule has 1 heterocycles. The van der Waals surface area contributed by atoms with E-state index in [-0.39, 0.29) is 12.0 Å². The molecule has 1 aromatic rings. The first-order chi connectivity index (χ1) is 9.13. The van der Waals surface area contributed by atoms with Gasteiger partial charge in [0.15, 0.2) is 5.82 Å². The predicted octanol–water partition coefficient (Wildman–Crippen LogP) is 1.57. The van der Waals surface area contributed by atoms with Gasteiger partial charge in [-0.15, -0.1) is 0 Å². The monoisotopic (exact) mass is 275 g/mol. The minimum Gasteiger partial charge on any atom is -0.375 e. The number of ether oxygens (including phenoxy) is 1. The minimum absolute atomic E-state index is 0.121. The Morgan fingerprint density at radius 1 is 1.42 bits per heavy atom. The van der Waals surface area contributed by atoms with Gasteiger partial charge < -0.3 is 15.0 Å². The second-order valence-electron chi connectivity index (χ2n) is 5.05. The largest absolute Gasteiger partial charge is 0.375 e. The van der Waals surface area contributed by atoms with Crippen molar-refractivity contribution in [3.8, 4) is 0 Å². The number of aromatic nitrogens is 2. The van der Waals surface area contributed by atoms with E-state index in [2.05, 4.69) is 10.1 Å². The summed E-state index contributed by atoms with van der Waals surface area (Å²) in [5.74, 6) is 1.07. The van der Waals surface area contributed by atoms with Gasteiger partial charge in [-0.3, -0.25) is 0 Å². The molecule has 1 fully saturated rings. The summed E-state index contributed by atoms with van der Waals surface area (Å²) in [5.41, 5.74) is 5.89. The molecule has 1 aliphatic rings. The smallest absolute Gasteiger partial charge is 0.261 e. The van der Waals surface area contributed by atoms with Crippen molar-refractivity contribution in [3.63, 3.8) is 0 Å². The highest BCUT2D eigenvalue weighted by molar-refractivity contribution is 4.97. The molecule has 1 saturated carbocycles. The molecular weight excluding hydrogens is 256 g/mol. The van der Waals surface area contributed by atoms with Crippen LogP contribution in [0, 0.1) is 5.41 Å². The van der Waals surface area contributed by atoms with Crippen LogP contribution in [0.4, 0.5) is 8.78 Å². The number of hydrogen-bond donors (Lipinski definition) is 1. The SMILES string of the molecule is NCC1(Cc2nc(CCOCC(F)F)no2)CCC1. The summed E-state index contributed by atoms with van der Waals surface area (Å²) in [7, 11) is 0. The maximum atomic E-state index is 11.8. The van der Waals surface area contributed by atoms with Gasteiger partial charge in [-0.2, -0.15) is 4.98 Å². The molecular formula is C12H19F2N3O2. The maximum Gasteiger partial charge on any atom is 0.261 e. The normalized spacial score (nSPS) is 17.7. The number of alkyl halides is 2. The first-order valence-electron chi connectivity index (χ1n) is 6.51. The van der Waals surface area contributed by atoms with Crippen LogP contribution in [0.25, 0.3) is 0 Å². The lowest BCUT2D eigenvalue weighted by atomic mass is 9.67. The van der Waals surface area contributed by atoms with E-state index in [1.165, 1.54) is 6.42 Å². The fourth-order valence-electron chi connectivity index (χ4n) is 2.25. The summed E-state index contributed by atoms with van der Waals surface area (Å²) in [6.07, 6.45) is 2.03. The standard InChI is InChI=1S/C12H19F2N3O2/c13-9(14)7-18-5-2-10-16-11(19-17-10)6-12(8-15)3-1-4-12/h9H,1-8,15H2. The van der Waals surface area contributed by atoms with Gasteiger partial charge in [-0.25, -0.2) is 8.78 Å². The van der Waals surface area contributed by atoms with Crippen molar-refractivity contribution in [3.05, 3.63) is 11.7 Å². The van der Waals surface area contributed by atoms with E-state index < -0.39 is 13.0 Å². The first kappa shape index (κ1) is 14.3. The fourth-order valence-corrected chi connectivity index (χ4v) is 2.25. The van der Waals surface area contributed by atoms with Crippen LogP contribution in [0.15, 0.2) is 4.52 Å². The van der Waals surface area contributed by atoms with Gasteiger partial charge >= 0.3 is 0 Å². The molecule has 0 spiro atoms. The molecule has 0 aliphatic heterocycles. The van der Waals surface area contributed by atoms with Crippen molar-refractivity contribution in [2.24, 2.45) is 11.1 Å². The average molecular weight is 275 g/mol. The Kier molecular flexibility index (Phi) is 4.81. The summed E-state index contributed by atoms with van der Waals surface area (Å²) >= 11 is 0. The zero-order valence-electron chi connectivity index (χ0n) is 10.8. The average Bonchev–Trinajstić information content (AvgIpc) is 2.77. The van der Waals surface area contributed by atoms with Gasteiger partial charge in [0.05, 0.1) is 6.61 Å². The van der Waals surface area contributed by atoms with E-state index >= 15 is 0 Å². The summed E-state index contributed by atoms with van der Waals surface area (Å²) in [6, 6.07) is 0. The highest BCUT2D eigenvalue weighted by Gasteiger charge is 2.37. The third kappa shape index (κ3) is 3.94. The molecule has 0 saturated heterocycles. The van der Waals surface area contributed by atoms with E-state index in [9.17, 15) is 8.78 Å². The van der Waals surface area contributed by atoms with Gasteiger partial charge in [0, 0.05) is 12.8 Å². The number of nitrogens with zero attached hydrogens (tertiary/aromatic N) is 2. The van der Waals surface area contributed by atoms with E-state index in [1.807, 2.05) is 0 Å². The minimum atomic E-state index is -2.44. The Bertz CT molecular complexity index is 389. The second-order valence-corrected chi connectivity index (χ2v) is 5.05. The van der Waals surface area contributed by atoms with Crippen LogP contribution < -0.4 is 5.73 Å². The highest BCUT2D eigenvalue weighted by Crippen LogP contribution is 2.42. The zero-order valence-corrected chi connectivity index (χ0v) is 10.8. The van der Waals surface area contributed by atoms with Crippen molar-refractivity contribution >= 4 is 0 Å². The molecule has 0 atom stereocenters. The Morgan fingerprint density at radius 2 is 2.21 bits per heavy atom. The highest BCUT2D eigenvalue weighted by atomic mass is 19.3. The van der Waals surface area contributed by atoms with Crippen molar-refractivity contribution < 1.29 is 18.0 Å². The summed E-state index contributed by atoms with van der Waals surface area (Å²) in [5, 5.41) is 3.82. The molecule has 0 radical (unpaired) electrons. The van der Waals surface area contributed by atoms with Crippen molar-refractivity contribution in [2.75, 3.05) is 19.8 Å². The van der Waals surface area contributed by atoms with E-state index in [0.29, 0.717) is 31.1 Å². The van der Waals surface area contributed by atoms with Crippen LogP contribution >= 0.6 is 0 Å². The molecule has 108 valence electrons. The maximum absolute atomic E-state index is 11.8. The third-order valence-electron chi connectivity index (χ3n) is 3.60. The molecule has 0 aromatic carbocycles. The van der Waals surface area contributed by atoms with Gasteiger partial charge in [-0.05, 0) is 24.8 Å². The Balaban J connectivity index is 1.75. The number of halogens is 2. The molecule has 1 aliphatic carbocycles. The molecule has 1 aromatic heterocycles. The lowest BCUT2D eigenvalue weighted by molar-refractivity contribution is 0.0182. The van der Waals surface area contributed by atoms with Crippen molar-refractivity contribution in [1.82, 2.24) is 10.1 Å². The quantitative estimate of drug-likeness (QED) is 0.729. The van der Waals surface area contributed by atoms with Crippen LogP contribution in [-0.2, 0) is 17.6 Å². The molecule has 2 N–H and O–H groups in total. The molecule has 0 bridgehead atoms. The Labute approximate surface area is 110 Å². The van der Waals surface area contributed by atoms with Crippen LogP contribution in [0.5, 0.6) is 0 Å². The molecule has 5 nitrogen and oxygen atoms in total. The molecule has 7 heteroatoms. The van der Waals surface area contributed by atoms with Gasteiger partial charge in [-0.1, -0.05) is 11.6 Å². The van der Waals surface area contributed by atoms with Crippen molar-refractivity contribution in [2.45, 2.75) is 38.5 Å². The van der Waals surface area contributed by atoms with Crippen LogP contribution in [-0.4, -0.2) is 36.3 Å². The van der Waals surface area contributed by atoms with Crippen molar-refractivity contribution in [1.29, 1.82) is 0 Å². The van der Waals surface area contributed by atoms with Crippen LogP contribution in [0.2, 0.25) is 0 Å². The van der Waals surface area contributed by atoms with Crippen LogP contribution in [0.3, 0.4) is 0 Å². The molecule has 0 amide bonds. The Morgan fingerprint density at radius 3 is 2.79 bits per heavy atom. The number of rotatable bonds is 8. The first-order valence-corrected chi connectivity index (χ1v) is 6.51. The molecule has 2 rings (SSSR count).